The van der Waals surface area contributed by atoms with Crippen LogP contribution < -0.4 is 20.3 Å². The molecule has 216 valence electrons. The average molecular weight is 569 g/mol. The van der Waals surface area contributed by atoms with Crippen LogP contribution in [0.15, 0.2) is 39.5 Å². The van der Waals surface area contributed by atoms with Crippen molar-refractivity contribution in [2.45, 2.75) is 39.3 Å². The molecule has 1 fully saturated rings. The molecular formula is C28H30F2N6O5. The average Bonchev–Trinajstić information content (AvgIpc) is 3.38. The van der Waals surface area contributed by atoms with Crippen LogP contribution in [0, 0.1) is 24.5 Å². The number of fused-ring (bicyclic) bond motifs is 1. The van der Waals surface area contributed by atoms with Crippen molar-refractivity contribution in [2.24, 2.45) is 5.92 Å². The summed E-state index contributed by atoms with van der Waals surface area (Å²) in [4.78, 5) is 34.5. The fourth-order valence-corrected chi connectivity index (χ4v) is 4.86. The Bertz CT molecular complexity index is 1600. The van der Waals surface area contributed by atoms with E-state index in [2.05, 4.69) is 30.4 Å². The maximum Gasteiger partial charge on any atom is 0.287 e. The standard InChI is InChI=1S/C28H30F2N6O5/c1-16-34-35-23(41-16)15-36-10-7-17(8-11-36)9-12-40-25-20(30)5-6-21-24(25)27(37)33-26(32-21)28(38)31-14-18-3-4-19(29)22(13-18)39-2/h3-6,13,17H,7-12,14-15H2,1-2H3,(H,31,38)(H,32,33,37). The van der Waals surface area contributed by atoms with E-state index in [-0.39, 0.29) is 41.4 Å². The number of benzene rings is 2. The zero-order chi connectivity index (χ0) is 28.9. The molecule has 0 radical (unpaired) electrons. The predicted octanol–water partition coefficient (Wildman–Crippen LogP) is 3.51. The molecule has 0 aliphatic carbocycles. The van der Waals surface area contributed by atoms with Crippen molar-refractivity contribution >= 4 is 16.8 Å². The van der Waals surface area contributed by atoms with Gasteiger partial charge in [0.2, 0.25) is 11.8 Å². The first-order valence-corrected chi connectivity index (χ1v) is 13.3. The van der Waals surface area contributed by atoms with Crippen LogP contribution in [0.4, 0.5) is 8.78 Å². The van der Waals surface area contributed by atoms with E-state index in [0.717, 1.165) is 32.0 Å². The van der Waals surface area contributed by atoms with Crippen LogP contribution in [0.2, 0.25) is 0 Å². The number of halogens is 2. The SMILES string of the molecule is COc1cc(CNC(=O)c2nc3ccc(F)c(OCCC4CCN(Cc5nnc(C)o5)CC4)c3c(=O)[nH]2)ccc1F. The second kappa shape index (κ2) is 12.4. The number of likely N-dealkylation sites (tertiary alicyclic amines) is 1. The molecular weight excluding hydrogens is 538 g/mol. The highest BCUT2D eigenvalue weighted by atomic mass is 19.1. The molecule has 5 rings (SSSR count). The van der Waals surface area contributed by atoms with Gasteiger partial charge in [-0.05, 0) is 68.1 Å². The number of amides is 1. The fraction of sp³-hybridized carbons (Fsp3) is 0.393. The zero-order valence-electron chi connectivity index (χ0n) is 22.7. The van der Waals surface area contributed by atoms with Gasteiger partial charge in [0, 0.05) is 13.5 Å². The number of aryl methyl sites for hydroxylation is 1. The molecule has 1 aliphatic rings. The Morgan fingerprint density at radius 3 is 2.68 bits per heavy atom. The van der Waals surface area contributed by atoms with Crippen molar-refractivity contribution < 1.29 is 27.5 Å². The zero-order valence-corrected chi connectivity index (χ0v) is 22.7. The van der Waals surface area contributed by atoms with Crippen LogP contribution in [0.25, 0.3) is 10.9 Å². The van der Waals surface area contributed by atoms with Gasteiger partial charge in [-0.2, -0.15) is 0 Å². The largest absolute Gasteiger partial charge is 0.494 e. The number of H-pyrrole nitrogens is 1. The van der Waals surface area contributed by atoms with Gasteiger partial charge in [0.1, 0.15) is 5.39 Å². The van der Waals surface area contributed by atoms with Crippen LogP contribution in [-0.4, -0.2) is 57.8 Å². The molecule has 0 bridgehead atoms. The third-order valence-corrected chi connectivity index (χ3v) is 7.07. The normalized spacial score (nSPS) is 14.3. The molecule has 0 spiro atoms. The first-order chi connectivity index (χ1) is 19.8. The monoisotopic (exact) mass is 568 g/mol. The molecule has 0 saturated carbocycles. The predicted molar refractivity (Wildman–Crippen MR) is 144 cm³/mol. The van der Waals surface area contributed by atoms with Crippen LogP contribution >= 0.6 is 0 Å². The highest BCUT2D eigenvalue weighted by Crippen LogP contribution is 2.27. The van der Waals surface area contributed by atoms with Crippen molar-refractivity contribution in [3.05, 3.63) is 75.5 Å². The minimum Gasteiger partial charge on any atom is -0.494 e. The third kappa shape index (κ3) is 6.68. The summed E-state index contributed by atoms with van der Waals surface area (Å²) in [7, 11) is 1.34. The van der Waals surface area contributed by atoms with E-state index in [1.54, 1.807) is 6.92 Å². The van der Waals surface area contributed by atoms with Crippen molar-refractivity contribution in [1.29, 1.82) is 0 Å². The van der Waals surface area contributed by atoms with Crippen LogP contribution in [0.1, 0.15) is 47.2 Å². The lowest BCUT2D eigenvalue weighted by Gasteiger charge is -2.30. The summed E-state index contributed by atoms with van der Waals surface area (Å²) < 4.78 is 44.5. The molecule has 1 amide bonds. The Balaban J connectivity index is 1.19. The van der Waals surface area contributed by atoms with Gasteiger partial charge in [-0.25, -0.2) is 13.8 Å². The van der Waals surface area contributed by atoms with E-state index >= 15 is 0 Å². The van der Waals surface area contributed by atoms with Crippen LogP contribution in [0.5, 0.6) is 11.5 Å². The molecule has 11 nitrogen and oxygen atoms in total. The van der Waals surface area contributed by atoms with Gasteiger partial charge in [-0.1, -0.05) is 6.07 Å². The Kier molecular flexibility index (Phi) is 8.53. The van der Waals surface area contributed by atoms with E-state index in [4.69, 9.17) is 13.9 Å². The number of aromatic nitrogens is 4. The lowest BCUT2D eigenvalue weighted by atomic mass is 9.94. The number of piperidine rings is 1. The lowest BCUT2D eigenvalue weighted by molar-refractivity contribution is 0.0940. The molecule has 2 aromatic carbocycles. The minimum atomic E-state index is -0.692. The first kappa shape index (κ1) is 28.1. The van der Waals surface area contributed by atoms with Gasteiger partial charge >= 0.3 is 0 Å². The first-order valence-electron chi connectivity index (χ1n) is 13.3. The Hall–Kier alpha value is -4.39. The van der Waals surface area contributed by atoms with Gasteiger partial charge < -0.3 is 24.2 Å². The number of methoxy groups -OCH3 is 1. The van der Waals surface area contributed by atoms with Gasteiger partial charge in [0.05, 0.1) is 25.8 Å². The maximum absolute atomic E-state index is 14.7. The van der Waals surface area contributed by atoms with Gasteiger partial charge in [-0.15, -0.1) is 10.2 Å². The molecule has 2 aromatic heterocycles. The highest BCUT2D eigenvalue weighted by molar-refractivity contribution is 5.93. The minimum absolute atomic E-state index is 0.0458. The maximum atomic E-state index is 14.7. The summed E-state index contributed by atoms with van der Waals surface area (Å²) in [6.07, 6.45) is 2.59. The second-order valence-corrected chi connectivity index (χ2v) is 9.91. The molecule has 3 heterocycles. The number of carbonyl (C=O) groups is 1. The van der Waals surface area contributed by atoms with Crippen LogP contribution in [0.3, 0.4) is 0 Å². The Morgan fingerprint density at radius 1 is 1.17 bits per heavy atom. The number of nitrogens with zero attached hydrogens (tertiary/aromatic N) is 4. The summed E-state index contributed by atoms with van der Waals surface area (Å²) in [5.41, 5.74) is 0.0241. The summed E-state index contributed by atoms with van der Waals surface area (Å²) in [6.45, 7) is 4.39. The number of rotatable bonds is 10. The molecule has 2 N–H and O–H groups in total. The molecule has 0 atom stereocenters. The molecule has 1 aliphatic heterocycles. The Labute approximate surface area is 233 Å². The van der Waals surface area contributed by atoms with Crippen molar-refractivity contribution in [2.75, 3.05) is 26.8 Å². The quantitative estimate of drug-likeness (QED) is 0.295. The van der Waals surface area contributed by atoms with Gasteiger partial charge in [-0.3, -0.25) is 14.5 Å². The van der Waals surface area contributed by atoms with Gasteiger partial charge in [0.25, 0.3) is 11.5 Å². The summed E-state index contributed by atoms with van der Waals surface area (Å²) in [5, 5.41) is 10.5. The number of hydrogen-bond donors (Lipinski definition) is 2. The highest BCUT2D eigenvalue weighted by Gasteiger charge is 2.22. The number of hydrogen-bond acceptors (Lipinski definition) is 9. The number of ether oxygens (including phenoxy) is 2. The van der Waals surface area contributed by atoms with E-state index in [1.807, 2.05) is 0 Å². The van der Waals surface area contributed by atoms with Crippen molar-refractivity contribution in [3.63, 3.8) is 0 Å². The number of nitrogens with one attached hydrogen (secondary N) is 2. The molecule has 4 aromatic rings. The third-order valence-electron chi connectivity index (χ3n) is 7.07. The van der Waals surface area contributed by atoms with Crippen molar-refractivity contribution in [3.8, 4) is 11.5 Å². The van der Waals surface area contributed by atoms with E-state index in [9.17, 15) is 18.4 Å². The molecule has 1 saturated heterocycles. The van der Waals surface area contributed by atoms with E-state index < -0.39 is 23.1 Å². The van der Waals surface area contributed by atoms with Crippen LogP contribution in [-0.2, 0) is 13.1 Å². The second-order valence-electron chi connectivity index (χ2n) is 9.91. The Morgan fingerprint density at radius 2 is 1.95 bits per heavy atom. The van der Waals surface area contributed by atoms with Gasteiger partial charge in [0.15, 0.2) is 29.0 Å². The van der Waals surface area contributed by atoms with E-state index in [0.29, 0.717) is 36.2 Å². The lowest BCUT2D eigenvalue weighted by Crippen LogP contribution is -2.33. The number of carbonyl (C=O) groups excluding carboxylic acids is 1. The summed E-state index contributed by atoms with van der Waals surface area (Å²) in [6, 6.07) is 6.68. The number of aromatic amines is 1. The molecule has 41 heavy (non-hydrogen) atoms. The molecule has 13 heteroatoms. The topological polar surface area (TPSA) is 135 Å². The van der Waals surface area contributed by atoms with Crippen molar-refractivity contribution in [1.82, 2.24) is 30.4 Å². The summed E-state index contributed by atoms with van der Waals surface area (Å²) in [5.74, 6) is -0.705. The van der Waals surface area contributed by atoms with E-state index in [1.165, 1.54) is 31.4 Å². The molecule has 0 unspecified atom stereocenters. The summed E-state index contributed by atoms with van der Waals surface area (Å²) >= 11 is 0. The fourth-order valence-electron chi connectivity index (χ4n) is 4.86. The smallest absolute Gasteiger partial charge is 0.287 e.